The number of hydrogen-bond acceptors (Lipinski definition) is 0. The molecule has 0 N–H and O–H groups in total. The van der Waals surface area contributed by atoms with Crippen LogP contribution in [0.4, 0.5) is 0 Å². The molecule has 2 atom stereocenters. The van der Waals surface area contributed by atoms with Gasteiger partial charge in [0, 0.05) is 0 Å². The molecule has 0 aromatic heterocycles. The second-order valence-corrected chi connectivity index (χ2v) is 7.64. The van der Waals surface area contributed by atoms with Gasteiger partial charge in [0.05, 0.1) is 0 Å². The van der Waals surface area contributed by atoms with Gasteiger partial charge in [-0.05, 0) is 60.2 Å². The van der Waals surface area contributed by atoms with Crippen molar-refractivity contribution in [3.8, 4) is 0 Å². The zero-order valence-electron chi connectivity index (χ0n) is 12.1. The molecule has 0 heteroatoms. The van der Waals surface area contributed by atoms with Crippen LogP contribution in [0.1, 0.15) is 67.2 Å². The zero-order valence-corrected chi connectivity index (χ0v) is 12.1. The van der Waals surface area contributed by atoms with Gasteiger partial charge in [-0.1, -0.05) is 41.5 Å². The largest absolute Gasteiger partial charge is 0.0625 e. The second kappa shape index (κ2) is 3.75. The fourth-order valence-corrected chi connectivity index (χ4v) is 4.78. The minimum absolute atomic E-state index is 0.656. The van der Waals surface area contributed by atoms with Crippen molar-refractivity contribution >= 4 is 0 Å². The topological polar surface area (TPSA) is 0 Å². The lowest BCUT2D eigenvalue weighted by molar-refractivity contribution is 0.109. The maximum atomic E-state index is 2.45. The van der Waals surface area contributed by atoms with Crippen LogP contribution in [0.5, 0.6) is 0 Å². The number of hydrogen-bond donors (Lipinski definition) is 0. The molecule has 0 nitrogen and oxygen atoms in total. The van der Waals surface area contributed by atoms with Crippen LogP contribution in [0.3, 0.4) is 0 Å². The molecule has 2 saturated carbocycles. The first-order chi connectivity index (χ1) is 7.34. The minimum atomic E-state index is 0.656. The molecule has 0 heterocycles. The Morgan fingerprint density at radius 1 is 0.875 bits per heavy atom. The number of rotatable bonds is 3. The SMILES string of the molecule is CC(C)C1CC12CCC(C(C)C)(C(C)C)C2. The highest BCUT2D eigenvalue weighted by Crippen LogP contribution is 2.72. The van der Waals surface area contributed by atoms with E-state index in [4.69, 9.17) is 0 Å². The lowest BCUT2D eigenvalue weighted by Gasteiger charge is -2.38. The van der Waals surface area contributed by atoms with Gasteiger partial charge < -0.3 is 0 Å². The first kappa shape index (κ1) is 12.5. The van der Waals surface area contributed by atoms with Crippen LogP contribution in [0.2, 0.25) is 0 Å². The third kappa shape index (κ3) is 1.64. The molecule has 0 aromatic rings. The van der Waals surface area contributed by atoms with Crippen molar-refractivity contribution < 1.29 is 0 Å². The van der Waals surface area contributed by atoms with Gasteiger partial charge >= 0.3 is 0 Å². The molecule has 94 valence electrons. The smallest absolute Gasteiger partial charge is 0.0246 e. The van der Waals surface area contributed by atoms with Crippen molar-refractivity contribution in [3.63, 3.8) is 0 Å². The summed E-state index contributed by atoms with van der Waals surface area (Å²) in [4.78, 5) is 0. The van der Waals surface area contributed by atoms with E-state index in [-0.39, 0.29) is 0 Å². The summed E-state index contributed by atoms with van der Waals surface area (Å²) in [5.74, 6) is 3.68. The maximum Gasteiger partial charge on any atom is -0.0246 e. The third-order valence-corrected chi connectivity index (χ3v) is 6.13. The molecule has 0 aromatic carbocycles. The molecular formula is C16H30. The molecular weight excluding hydrogens is 192 g/mol. The first-order valence-corrected chi connectivity index (χ1v) is 7.34. The van der Waals surface area contributed by atoms with E-state index in [2.05, 4.69) is 41.5 Å². The van der Waals surface area contributed by atoms with Gasteiger partial charge in [0.2, 0.25) is 0 Å². The molecule has 0 radical (unpaired) electrons. The molecule has 2 aliphatic rings. The van der Waals surface area contributed by atoms with E-state index in [0.29, 0.717) is 5.41 Å². The Morgan fingerprint density at radius 2 is 1.44 bits per heavy atom. The molecule has 2 fully saturated rings. The van der Waals surface area contributed by atoms with E-state index in [0.717, 1.165) is 29.1 Å². The van der Waals surface area contributed by atoms with Gasteiger partial charge in [0.15, 0.2) is 0 Å². The van der Waals surface area contributed by atoms with Crippen LogP contribution in [0, 0.1) is 34.5 Å². The molecule has 0 amide bonds. The Bertz CT molecular complexity index is 253. The van der Waals surface area contributed by atoms with E-state index in [1.807, 2.05) is 0 Å². The van der Waals surface area contributed by atoms with Crippen LogP contribution < -0.4 is 0 Å². The van der Waals surface area contributed by atoms with Crippen molar-refractivity contribution in [1.29, 1.82) is 0 Å². The van der Waals surface area contributed by atoms with E-state index < -0.39 is 0 Å². The van der Waals surface area contributed by atoms with Crippen LogP contribution >= 0.6 is 0 Å². The summed E-state index contributed by atoms with van der Waals surface area (Å²) in [6.07, 6.45) is 6.07. The average molecular weight is 222 g/mol. The molecule has 1 spiro atoms. The Labute approximate surface area is 102 Å². The summed E-state index contributed by atoms with van der Waals surface area (Å²) in [6, 6.07) is 0. The predicted octanol–water partition coefficient (Wildman–Crippen LogP) is 5.13. The maximum absolute atomic E-state index is 2.45. The van der Waals surface area contributed by atoms with Crippen molar-refractivity contribution in [2.24, 2.45) is 34.5 Å². The minimum Gasteiger partial charge on any atom is -0.0625 e. The van der Waals surface area contributed by atoms with E-state index in [1.165, 1.54) is 25.7 Å². The fraction of sp³-hybridized carbons (Fsp3) is 1.00. The van der Waals surface area contributed by atoms with Crippen LogP contribution in [0.15, 0.2) is 0 Å². The van der Waals surface area contributed by atoms with E-state index in [9.17, 15) is 0 Å². The molecule has 2 aliphatic carbocycles. The molecule has 0 aliphatic heterocycles. The summed E-state index contributed by atoms with van der Waals surface area (Å²) >= 11 is 0. The summed E-state index contributed by atoms with van der Waals surface area (Å²) in [5, 5.41) is 0. The lowest BCUT2D eigenvalue weighted by atomic mass is 9.67. The fourth-order valence-electron chi connectivity index (χ4n) is 4.78. The van der Waals surface area contributed by atoms with Gasteiger partial charge in [0.1, 0.15) is 0 Å². The quantitative estimate of drug-likeness (QED) is 0.621. The predicted molar refractivity (Wildman–Crippen MR) is 71.3 cm³/mol. The van der Waals surface area contributed by atoms with Gasteiger partial charge in [-0.25, -0.2) is 0 Å². The summed E-state index contributed by atoms with van der Waals surface area (Å²) < 4.78 is 0. The molecule has 2 rings (SSSR count). The average Bonchev–Trinajstić information content (AvgIpc) is 2.69. The standard InChI is InChI=1S/C16H30/c1-11(2)14-9-15(14)7-8-16(10-15,12(3)4)13(5)6/h11-14H,7-10H2,1-6H3. The van der Waals surface area contributed by atoms with Crippen LogP contribution in [-0.2, 0) is 0 Å². The lowest BCUT2D eigenvalue weighted by Crippen LogP contribution is -2.30. The Hall–Kier alpha value is 0. The van der Waals surface area contributed by atoms with Gasteiger partial charge in [0.25, 0.3) is 0 Å². The van der Waals surface area contributed by atoms with Crippen LogP contribution in [-0.4, -0.2) is 0 Å². The van der Waals surface area contributed by atoms with E-state index >= 15 is 0 Å². The van der Waals surface area contributed by atoms with Crippen molar-refractivity contribution in [2.45, 2.75) is 67.2 Å². The molecule has 0 bridgehead atoms. The van der Waals surface area contributed by atoms with Gasteiger partial charge in [-0.3, -0.25) is 0 Å². The van der Waals surface area contributed by atoms with Crippen molar-refractivity contribution in [1.82, 2.24) is 0 Å². The molecule has 0 saturated heterocycles. The Morgan fingerprint density at radius 3 is 1.75 bits per heavy atom. The van der Waals surface area contributed by atoms with E-state index in [1.54, 1.807) is 0 Å². The zero-order chi connectivity index (χ0) is 12.1. The highest BCUT2D eigenvalue weighted by molar-refractivity contribution is 5.12. The van der Waals surface area contributed by atoms with Crippen molar-refractivity contribution in [2.75, 3.05) is 0 Å². The van der Waals surface area contributed by atoms with Gasteiger partial charge in [-0.2, -0.15) is 0 Å². The second-order valence-electron chi connectivity index (χ2n) is 7.64. The van der Waals surface area contributed by atoms with Crippen molar-refractivity contribution in [3.05, 3.63) is 0 Å². The highest BCUT2D eigenvalue weighted by Gasteiger charge is 2.62. The monoisotopic (exact) mass is 222 g/mol. The highest BCUT2D eigenvalue weighted by atomic mass is 14.7. The molecule has 16 heavy (non-hydrogen) atoms. The molecule has 2 unspecified atom stereocenters. The summed E-state index contributed by atoms with van der Waals surface area (Å²) in [6.45, 7) is 14.6. The van der Waals surface area contributed by atoms with Crippen LogP contribution in [0.25, 0.3) is 0 Å². The normalized spacial score (nSPS) is 36.9. The summed E-state index contributed by atoms with van der Waals surface area (Å²) in [5.41, 5.74) is 1.44. The summed E-state index contributed by atoms with van der Waals surface area (Å²) in [7, 11) is 0. The Kier molecular flexibility index (Phi) is 2.92. The Balaban J connectivity index is 2.13. The first-order valence-electron chi connectivity index (χ1n) is 7.34. The van der Waals surface area contributed by atoms with Gasteiger partial charge in [-0.15, -0.1) is 0 Å². The third-order valence-electron chi connectivity index (χ3n) is 6.13.